The van der Waals surface area contributed by atoms with Crippen LogP contribution in [0.2, 0.25) is 0 Å². The molecule has 0 radical (unpaired) electrons. The van der Waals surface area contributed by atoms with Crippen molar-refractivity contribution in [3.8, 4) is 0 Å². The molecule has 1 aliphatic heterocycles. The Bertz CT molecular complexity index is 734. The van der Waals surface area contributed by atoms with Crippen LogP contribution in [-0.2, 0) is 16.1 Å². The molecule has 1 N–H and O–H groups in total. The predicted octanol–water partition coefficient (Wildman–Crippen LogP) is 1.75. The van der Waals surface area contributed by atoms with Crippen molar-refractivity contribution in [1.29, 1.82) is 0 Å². The second-order valence-corrected chi connectivity index (χ2v) is 6.01. The van der Waals surface area contributed by atoms with Crippen LogP contribution in [0.25, 0.3) is 11.0 Å². The monoisotopic (exact) mass is 317 g/mol. The number of para-hydroxylation sites is 2. The van der Waals surface area contributed by atoms with Gasteiger partial charge in [-0.2, -0.15) is 0 Å². The van der Waals surface area contributed by atoms with Crippen LogP contribution in [0, 0.1) is 0 Å². The van der Waals surface area contributed by atoms with Crippen molar-refractivity contribution in [2.75, 3.05) is 19.7 Å². The third-order valence-corrected chi connectivity index (χ3v) is 4.26. The molecule has 3 rings (SSSR count). The molecule has 1 saturated heterocycles. The summed E-state index contributed by atoms with van der Waals surface area (Å²) in [6.45, 7) is 4.24. The molecule has 1 aliphatic rings. The van der Waals surface area contributed by atoms with E-state index >= 15 is 0 Å². The molecule has 23 heavy (non-hydrogen) atoms. The predicted molar refractivity (Wildman–Crippen MR) is 88.4 cm³/mol. The number of carbonyl (C=O) groups excluding carboxylic acids is 1. The fourth-order valence-corrected chi connectivity index (χ4v) is 3.08. The van der Waals surface area contributed by atoms with Gasteiger partial charge in [0.1, 0.15) is 6.54 Å². The number of rotatable bonds is 5. The summed E-state index contributed by atoms with van der Waals surface area (Å²) in [6.07, 6.45) is 3.04. The Labute approximate surface area is 135 Å². The number of aromatic nitrogens is 2. The first-order valence-corrected chi connectivity index (χ1v) is 8.26. The SMILES string of the molecule is CCCO[C@H]1CCCN(C(=O)Cn2c(=O)[nH]c3ccccc32)C1. The molecule has 1 aromatic carbocycles. The van der Waals surface area contributed by atoms with Crippen molar-refractivity contribution in [1.82, 2.24) is 14.5 Å². The average Bonchev–Trinajstić information content (AvgIpc) is 2.89. The first-order chi connectivity index (χ1) is 11.2. The number of imidazole rings is 1. The van der Waals surface area contributed by atoms with Gasteiger partial charge < -0.3 is 14.6 Å². The number of benzene rings is 1. The maximum atomic E-state index is 12.6. The Morgan fingerprint density at radius 1 is 1.39 bits per heavy atom. The van der Waals surface area contributed by atoms with E-state index in [4.69, 9.17) is 4.74 Å². The van der Waals surface area contributed by atoms with Crippen LogP contribution < -0.4 is 5.69 Å². The summed E-state index contributed by atoms with van der Waals surface area (Å²) in [5.74, 6) is -0.0262. The molecule has 1 amide bonds. The summed E-state index contributed by atoms with van der Waals surface area (Å²) >= 11 is 0. The van der Waals surface area contributed by atoms with Crippen molar-refractivity contribution >= 4 is 16.9 Å². The number of H-pyrrole nitrogens is 1. The van der Waals surface area contributed by atoms with Crippen LogP contribution in [0.3, 0.4) is 0 Å². The van der Waals surface area contributed by atoms with Crippen molar-refractivity contribution in [2.24, 2.45) is 0 Å². The second kappa shape index (κ2) is 7.00. The summed E-state index contributed by atoms with van der Waals surface area (Å²) < 4.78 is 7.28. The number of carbonyl (C=O) groups is 1. The average molecular weight is 317 g/mol. The molecule has 0 spiro atoms. The fraction of sp³-hybridized carbons (Fsp3) is 0.529. The zero-order valence-electron chi connectivity index (χ0n) is 13.5. The largest absolute Gasteiger partial charge is 0.376 e. The Balaban J connectivity index is 1.70. The van der Waals surface area contributed by atoms with Crippen molar-refractivity contribution in [2.45, 2.75) is 38.8 Å². The summed E-state index contributed by atoms with van der Waals surface area (Å²) in [6, 6.07) is 7.42. The molecule has 1 atom stereocenters. The van der Waals surface area contributed by atoms with E-state index in [1.807, 2.05) is 29.2 Å². The number of aromatic amines is 1. The fourth-order valence-electron chi connectivity index (χ4n) is 3.08. The van der Waals surface area contributed by atoms with E-state index in [2.05, 4.69) is 11.9 Å². The summed E-state index contributed by atoms with van der Waals surface area (Å²) in [5, 5.41) is 0. The number of nitrogens with zero attached hydrogens (tertiary/aromatic N) is 2. The first-order valence-electron chi connectivity index (χ1n) is 8.26. The van der Waals surface area contributed by atoms with Crippen molar-refractivity contribution < 1.29 is 9.53 Å². The van der Waals surface area contributed by atoms with Crippen LogP contribution in [0.1, 0.15) is 26.2 Å². The lowest BCUT2D eigenvalue weighted by Gasteiger charge is -2.32. The number of amides is 1. The minimum atomic E-state index is -0.240. The van der Waals surface area contributed by atoms with Gasteiger partial charge in [0, 0.05) is 19.7 Å². The summed E-state index contributed by atoms with van der Waals surface area (Å²) in [5.41, 5.74) is 1.28. The van der Waals surface area contributed by atoms with Gasteiger partial charge in [-0.05, 0) is 31.4 Å². The molecule has 6 nitrogen and oxygen atoms in total. The molecule has 6 heteroatoms. The van der Waals surface area contributed by atoms with Crippen LogP contribution in [-0.4, -0.2) is 46.2 Å². The molecular formula is C17H23N3O3. The van der Waals surface area contributed by atoms with E-state index < -0.39 is 0 Å². The number of hydrogen-bond acceptors (Lipinski definition) is 3. The van der Waals surface area contributed by atoms with Crippen LogP contribution in [0.4, 0.5) is 0 Å². The van der Waals surface area contributed by atoms with Crippen LogP contribution in [0.15, 0.2) is 29.1 Å². The van der Waals surface area contributed by atoms with E-state index in [-0.39, 0.29) is 24.2 Å². The molecule has 0 bridgehead atoms. The quantitative estimate of drug-likeness (QED) is 0.913. The zero-order chi connectivity index (χ0) is 16.2. The molecule has 1 aromatic heterocycles. The van der Waals surface area contributed by atoms with Gasteiger partial charge >= 0.3 is 5.69 Å². The minimum Gasteiger partial charge on any atom is -0.376 e. The lowest BCUT2D eigenvalue weighted by molar-refractivity contribution is -0.136. The van der Waals surface area contributed by atoms with E-state index in [1.165, 1.54) is 4.57 Å². The third kappa shape index (κ3) is 3.47. The lowest BCUT2D eigenvalue weighted by atomic mass is 10.1. The van der Waals surface area contributed by atoms with Crippen molar-refractivity contribution in [3.05, 3.63) is 34.7 Å². The maximum absolute atomic E-state index is 12.6. The molecule has 2 heterocycles. The Morgan fingerprint density at radius 2 is 2.22 bits per heavy atom. The lowest BCUT2D eigenvalue weighted by Crippen LogP contribution is -2.45. The Morgan fingerprint density at radius 3 is 3.04 bits per heavy atom. The normalized spacial score (nSPS) is 18.5. The molecular weight excluding hydrogens is 294 g/mol. The first kappa shape index (κ1) is 15.8. The van der Waals surface area contributed by atoms with E-state index in [9.17, 15) is 9.59 Å². The topological polar surface area (TPSA) is 67.3 Å². The van der Waals surface area contributed by atoms with E-state index in [1.54, 1.807) is 0 Å². The minimum absolute atomic E-state index is 0.0262. The van der Waals surface area contributed by atoms with Crippen LogP contribution in [0.5, 0.6) is 0 Å². The van der Waals surface area contributed by atoms with Gasteiger partial charge in [-0.1, -0.05) is 19.1 Å². The molecule has 0 unspecified atom stereocenters. The second-order valence-electron chi connectivity index (χ2n) is 6.01. The molecule has 1 fully saturated rings. The van der Waals surface area contributed by atoms with E-state index in [0.29, 0.717) is 6.54 Å². The molecule has 0 saturated carbocycles. The third-order valence-electron chi connectivity index (χ3n) is 4.26. The Hall–Kier alpha value is -2.08. The van der Waals surface area contributed by atoms with E-state index in [0.717, 1.165) is 43.4 Å². The number of fused-ring (bicyclic) bond motifs is 1. The summed E-state index contributed by atoms with van der Waals surface area (Å²) in [4.78, 5) is 29.3. The number of piperidine rings is 1. The molecule has 0 aliphatic carbocycles. The molecule has 124 valence electrons. The number of nitrogens with one attached hydrogen (secondary N) is 1. The number of ether oxygens (including phenoxy) is 1. The van der Waals surface area contributed by atoms with Gasteiger partial charge in [-0.25, -0.2) is 4.79 Å². The standard InChI is InChI=1S/C17H23N3O3/c1-2-10-23-13-6-5-9-19(11-13)16(21)12-20-15-8-4-3-7-14(15)18-17(20)22/h3-4,7-8,13H,2,5-6,9-12H2,1H3,(H,18,22)/t13-/m0/s1. The zero-order valence-corrected chi connectivity index (χ0v) is 13.5. The Kier molecular flexibility index (Phi) is 4.81. The van der Waals surface area contributed by atoms with Gasteiger partial charge in [0.25, 0.3) is 0 Å². The molecule has 2 aromatic rings. The smallest absolute Gasteiger partial charge is 0.326 e. The highest BCUT2D eigenvalue weighted by Gasteiger charge is 2.24. The van der Waals surface area contributed by atoms with Gasteiger partial charge in [0.2, 0.25) is 5.91 Å². The van der Waals surface area contributed by atoms with Crippen LogP contribution >= 0.6 is 0 Å². The number of likely N-dealkylation sites (tertiary alicyclic amines) is 1. The maximum Gasteiger partial charge on any atom is 0.326 e. The summed E-state index contributed by atoms with van der Waals surface area (Å²) in [7, 11) is 0. The highest BCUT2D eigenvalue weighted by Crippen LogP contribution is 2.15. The van der Waals surface area contributed by atoms with Crippen molar-refractivity contribution in [3.63, 3.8) is 0 Å². The van der Waals surface area contributed by atoms with Gasteiger partial charge in [0.05, 0.1) is 17.1 Å². The highest BCUT2D eigenvalue weighted by atomic mass is 16.5. The van der Waals surface area contributed by atoms with Gasteiger partial charge in [-0.15, -0.1) is 0 Å². The van der Waals surface area contributed by atoms with Gasteiger partial charge in [0.15, 0.2) is 0 Å². The van der Waals surface area contributed by atoms with Gasteiger partial charge in [-0.3, -0.25) is 9.36 Å². The highest BCUT2D eigenvalue weighted by molar-refractivity contribution is 5.80. The number of hydrogen-bond donors (Lipinski definition) is 1.